The second kappa shape index (κ2) is 5.61. The molecule has 1 atom stereocenters. The highest BCUT2D eigenvalue weighted by Gasteiger charge is 2.21. The largest absolute Gasteiger partial charge is 0.379 e. The molecule has 112 valence electrons. The molecule has 0 unspecified atom stereocenters. The topological polar surface area (TPSA) is 74.9 Å². The van der Waals surface area contributed by atoms with Crippen molar-refractivity contribution in [1.29, 1.82) is 0 Å². The van der Waals surface area contributed by atoms with Gasteiger partial charge in [0.2, 0.25) is 0 Å². The smallest absolute Gasteiger partial charge is 0.156 e. The summed E-state index contributed by atoms with van der Waals surface area (Å²) in [6.07, 6.45) is 7.27. The predicted octanol–water partition coefficient (Wildman–Crippen LogP) is 1.63. The summed E-state index contributed by atoms with van der Waals surface area (Å²) in [7, 11) is 0. The Labute approximate surface area is 123 Å². The van der Waals surface area contributed by atoms with Crippen molar-refractivity contribution in [1.82, 2.24) is 20.3 Å². The molecule has 6 nitrogen and oxygen atoms in total. The van der Waals surface area contributed by atoms with E-state index in [0.29, 0.717) is 12.0 Å². The number of nitrogens with one attached hydrogen (secondary N) is 3. The average molecular weight is 287 g/mol. The zero-order valence-corrected chi connectivity index (χ0v) is 12.1. The highest BCUT2D eigenvalue weighted by atomic mass is 16.5. The van der Waals surface area contributed by atoms with Crippen molar-refractivity contribution in [2.75, 3.05) is 31.6 Å². The van der Waals surface area contributed by atoms with Crippen LogP contribution in [0.5, 0.6) is 0 Å². The van der Waals surface area contributed by atoms with Crippen LogP contribution in [-0.4, -0.2) is 47.3 Å². The molecule has 2 saturated heterocycles. The quantitative estimate of drug-likeness (QED) is 0.800. The molecule has 6 heteroatoms. The van der Waals surface area contributed by atoms with E-state index in [1.807, 2.05) is 6.20 Å². The normalized spacial score (nSPS) is 23.7. The van der Waals surface area contributed by atoms with Crippen molar-refractivity contribution in [2.45, 2.75) is 31.2 Å². The molecule has 2 fully saturated rings. The fourth-order valence-electron chi connectivity index (χ4n) is 3.28. The molecule has 0 bridgehead atoms. The molecule has 2 aromatic heterocycles. The van der Waals surface area contributed by atoms with Gasteiger partial charge in [-0.05, 0) is 38.3 Å². The van der Waals surface area contributed by atoms with Crippen molar-refractivity contribution in [2.24, 2.45) is 0 Å². The summed E-state index contributed by atoms with van der Waals surface area (Å²) in [4.78, 5) is 12.6. The van der Waals surface area contributed by atoms with Gasteiger partial charge in [0.15, 0.2) is 5.65 Å². The van der Waals surface area contributed by atoms with Gasteiger partial charge in [-0.3, -0.25) is 0 Å². The van der Waals surface area contributed by atoms with E-state index in [-0.39, 0.29) is 0 Å². The SMILES string of the molecule is c1nc2[nH]cc(C3CCNCC3)c2nc1N[C@@H]1CCOC1. The second-order valence-electron chi connectivity index (χ2n) is 5.93. The lowest BCUT2D eigenvalue weighted by Gasteiger charge is -2.22. The third kappa shape index (κ3) is 2.61. The Morgan fingerprint density at radius 3 is 2.95 bits per heavy atom. The van der Waals surface area contributed by atoms with E-state index in [1.54, 1.807) is 0 Å². The van der Waals surface area contributed by atoms with Crippen LogP contribution in [0.4, 0.5) is 5.82 Å². The fourth-order valence-corrected chi connectivity index (χ4v) is 3.28. The molecule has 4 heterocycles. The summed E-state index contributed by atoms with van der Waals surface area (Å²) in [6, 6.07) is 0.359. The van der Waals surface area contributed by atoms with Gasteiger partial charge in [-0.25, -0.2) is 9.97 Å². The van der Waals surface area contributed by atoms with Crippen LogP contribution in [0.1, 0.15) is 30.7 Å². The zero-order valence-electron chi connectivity index (χ0n) is 12.1. The first kappa shape index (κ1) is 13.0. The molecular formula is C15H21N5O. The van der Waals surface area contributed by atoms with E-state index < -0.39 is 0 Å². The number of H-pyrrole nitrogens is 1. The molecule has 2 aliphatic rings. The number of nitrogens with zero attached hydrogens (tertiary/aromatic N) is 2. The lowest BCUT2D eigenvalue weighted by atomic mass is 9.91. The van der Waals surface area contributed by atoms with Crippen molar-refractivity contribution >= 4 is 17.0 Å². The Bertz CT molecular complexity index is 614. The maximum absolute atomic E-state index is 5.40. The van der Waals surface area contributed by atoms with Crippen LogP contribution >= 0.6 is 0 Å². The molecule has 0 saturated carbocycles. The third-order valence-corrected chi connectivity index (χ3v) is 4.47. The Morgan fingerprint density at radius 2 is 2.14 bits per heavy atom. The number of piperidine rings is 1. The van der Waals surface area contributed by atoms with Gasteiger partial charge in [-0.15, -0.1) is 0 Å². The van der Waals surface area contributed by atoms with E-state index in [2.05, 4.69) is 26.8 Å². The van der Waals surface area contributed by atoms with Crippen molar-refractivity contribution < 1.29 is 4.74 Å². The van der Waals surface area contributed by atoms with E-state index in [1.165, 1.54) is 18.4 Å². The minimum Gasteiger partial charge on any atom is -0.379 e. The summed E-state index contributed by atoms with van der Waals surface area (Å²) in [5.41, 5.74) is 3.22. The van der Waals surface area contributed by atoms with Crippen molar-refractivity contribution in [3.05, 3.63) is 18.0 Å². The van der Waals surface area contributed by atoms with Crippen LogP contribution in [-0.2, 0) is 4.74 Å². The van der Waals surface area contributed by atoms with Crippen LogP contribution in [0.15, 0.2) is 12.4 Å². The van der Waals surface area contributed by atoms with Crippen LogP contribution in [0.2, 0.25) is 0 Å². The van der Waals surface area contributed by atoms with Gasteiger partial charge in [0.1, 0.15) is 11.3 Å². The summed E-state index contributed by atoms with van der Waals surface area (Å²) in [5, 5.41) is 6.84. The summed E-state index contributed by atoms with van der Waals surface area (Å²) < 4.78 is 5.40. The minimum absolute atomic E-state index is 0.359. The van der Waals surface area contributed by atoms with Crippen LogP contribution in [0.3, 0.4) is 0 Å². The number of ether oxygens (including phenoxy) is 1. The first-order chi connectivity index (χ1) is 10.4. The van der Waals surface area contributed by atoms with E-state index >= 15 is 0 Å². The number of aromatic amines is 1. The van der Waals surface area contributed by atoms with Crippen molar-refractivity contribution in [3.8, 4) is 0 Å². The van der Waals surface area contributed by atoms with Crippen LogP contribution < -0.4 is 10.6 Å². The maximum Gasteiger partial charge on any atom is 0.156 e. The summed E-state index contributed by atoms with van der Waals surface area (Å²) in [6.45, 7) is 3.76. The van der Waals surface area contributed by atoms with Gasteiger partial charge in [-0.1, -0.05) is 0 Å². The first-order valence-electron chi connectivity index (χ1n) is 7.79. The van der Waals surface area contributed by atoms with Gasteiger partial charge >= 0.3 is 0 Å². The van der Waals surface area contributed by atoms with E-state index in [9.17, 15) is 0 Å². The fraction of sp³-hybridized carbons (Fsp3) is 0.600. The highest BCUT2D eigenvalue weighted by molar-refractivity contribution is 5.77. The Hall–Kier alpha value is -1.66. The molecular weight excluding hydrogens is 266 g/mol. The standard InChI is InChI=1S/C15H21N5O/c1-4-16-5-2-10(1)12-7-17-15-14(12)20-13(8-18-15)19-11-3-6-21-9-11/h7-8,10-11,16H,1-6,9H2,(H,17,18)(H,19,20)/t11-/m1/s1. The second-order valence-corrected chi connectivity index (χ2v) is 5.93. The zero-order chi connectivity index (χ0) is 14.1. The first-order valence-corrected chi connectivity index (χ1v) is 7.79. The van der Waals surface area contributed by atoms with Gasteiger partial charge in [0.05, 0.1) is 18.8 Å². The molecule has 21 heavy (non-hydrogen) atoms. The lowest BCUT2D eigenvalue weighted by molar-refractivity contribution is 0.195. The Balaban J connectivity index is 1.61. The molecule has 2 aliphatic heterocycles. The molecule has 4 rings (SSSR count). The summed E-state index contributed by atoms with van der Waals surface area (Å²) in [5.74, 6) is 1.44. The average Bonchev–Trinajstić information content (AvgIpc) is 3.17. The number of hydrogen-bond donors (Lipinski definition) is 3. The molecule has 0 radical (unpaired) electrons. The van der Waals surface area contributed by atoms with Gasteiger partial charge in [-0.2, -0.15) is 0 Å². The number of rotatable bonds is 3. The van der Waals surface area contributed by atoms with E-state index in [4.69, 9.17) is 9.72 Å². The third-order valence-electron chi connectivity index (χ3n) is 4.47. The lowest BCUT2D eigenvalue weighted by Crippen LogP contribution is -2.26. The number of anilines is 1. The number of fused-ring (bicyclic) bond motifs is 1. The molecule has 2 aromatic rings. The molecule has 0 spiro atoms. The van der Waals surface area contributed by atoms with Gasteiger partial charge in [0, 0.05) is 18.4 Å². The number of aromatic nitrogens is 3. The van der Waals surface area contributed by atoms with Gasteiger partial charge in [0.25, 0.3) is 0 Å². The van der Waals surface area contributed by atoms with Gasteiger partial charge < -0.3 is 20.4 Å². The monoisotopic (exact) mass is 287 g/mol. The highest BCUT2D eigenvalue weighted by Crippen LogP contribution is 2.30. The van der Waals surface area contributed by atoms with Crippen LogP contribution in [0, 0.1) is 0 Å². The predicted molar refractivity (Wildman–Crippen MR) is 81.6 cm³/mol. The minimum atomic E-state index is 0.359. The Kier molecular flexibility index (Phi) is 3.48. The molecule has 0 aromatic carbocycles. The Morgan fingerprint density at radius 1 is 1.24 bits per heavy atom. The van der Waals surface area contributed by atoms with Crippen molar-refractivity contribution in [3.63, 3.8) is 0 Å². The molecule has 0 amide bonds. The van der Waals surface area contributed by atoms with E-state index in [0.717, 1.165) is 49.7 Å². The van der Waals surface area contributed by atoms with Crippen LogP contribution in [0.25, 0.3) is 11.2 Å². The summed E-state index contributed by atoms with van der Waals surface area (Å²) >= 11 is 0. The maximum atomic E-state index is 5.40. The molecule has 0 aliphatic carbocycles. The molecule has 3 N–H and O–H groups in total. The number of hydrogen-bond acceptors (Lipinski definition) is 5.